The highest BCUT2D eigenvalue weighted by Gasteiger charge is 2.21. The van der Waals surface area contributed by atoms with Crippen molar-refractivity contribution in [2.24, 2.45) is 0 Å². The lowest BCUT2D eigenvalue weighted by molar-refractivity contribution is -0.686. The molecule has 0 heterocycles. The molecule has 0 spiro atoms. The molecule has 0 saturated carbocycles. The lowest BCUT2D eigenvalue weighted by Crippen LogP contribution is -2.80. The van der Waals surface area contributed by atoms with Gasteiger partial charge in [-0.25, -0.2) is 4.79 Å². The van der Waals surface area contributed by atoms with Gasteiger partial charge in [0.2, 0.25) is 0 Å². The second-order valence-electron chi connectivity index (χ2n) is 12.7. The van der Waals surface area contributed by atoms with Crippen LogP contribution < -0.4 is 14.8 Å². The third-order valence-corrected chi connectivity index (χ3v) is 7.06. The molecule has 0 radical (unpaired) electrons. The molecule has 0 aromatic heterocycles. The number of methoxy groups -OCH3 is 1. The molecule has 0 aliphatic heterocycles. The number of carbonyl (C=O) groups excluding carboxylic acids is 1. The third kappa shape index (κ3) is 12.0. The zero-order valence-corrected chi connectivity index (χ0v) is 27.0. The first-order valence-corrected chi connectivity index (χ1v) is 15.1. The fourth-order valence-corrected chi connectivity index (χ4v) is 4.33. The fraction of sp³-hybridized carbons (Fsp3) is 0.472. The van der Waals surface area contributed by atoms with Crippen molar-refractivity contribution in [3.63, 3.8) is 0 Å². The van der Waals surface area contributed by atoms with Crippen LogP contribution in [0, 0.1) is 0 Å². The highest BCUT2D eigenvalue weighted by atomic mass is 16.6. The number of carbonyl (C=O) groups is 1. The average Bonchev–Trinajstić information content (AvgIpc) is 2.97. The fourth-order valence-electron chi connectivity index (χ4n) is 4.33. The van der Waals surface area contributed by atoms with E-state index in [1.807, 2.05) is 24.3 Å². The van der Waals surface area contributed by atoms with E-state index in [0.717, 1.165) is 30.2 Å². The molecule has 234 valence electrons. The normalized spacial score (nSPS) is 11.8. The van der Waals surface area contributed by atoms with Crippen LogP contribution in [0.1, 0.15) is 74.2 Å². The van der Waals surface area contributed by atoms with E-state index in [2.05, 4.69) is 77.2 Å². The maximum absolute atomic E-state index is 11.5. The van der Waals surface area contributed by atoms with E-state index >= 15 is 0 Å². The number of esters is 1. The average molecular weight is 593 g/mol. The van der Waals surface area contributed by atoms with E-state index in [4.69, 9.17) is 23.7 Å². The molecule has 3 aromatic rings. The highest BCUT2D eigenvalue weighted by Crippen LogP contribution is 2.32. The number of rotatable bonds is 16. The summed E-state index contributed by atoms with van der Waals surface area (Å²) in [6.45, 7) is 18.1. The van der Waals surface area contributed by atoms with E-state index < -0.39 is 0 Å². The summed E-state index contributed by atoms with van der Waals surface area (Å²) in [5.41, 5.74) is 5.61. The molecule has 7 nitrogen and oxygen atoms in total. The zero-order chi connectivity index (χ0) is 31.3. The summed E-state index contributed by atoms with van der Waals surface area (Å²) in [6.07, 6.45) is 0. The van der Waals surface area contributed by atoms with Crippen LogP contribution in [0.2, 0.25) is 0 Å². The van der Waals surface area contributed by atoms with Crippen molar-refractivity contribution in [1.82, 2.24) is 0 Å². The first-order valence-electron chi connectivity index (χ1n) is 15.1. The molecule has 3 rings (SSSR count). The minimum atomic E-state index is -0.316. The first-order chi connectivity index (χ1) is 20.5. The Kier molecular flexibility index (Phi) is 13.1. The van der Waals surface area contributed by atoms with Crippen LogP contribution in [0.5, 0.6) is 11.5 Å². The quantitative estimate of drug-likeness (QED) is 0.167. The van der Waals surface area contributed by atoms with Gasteiger partial charge in [0.1, 0.15) is 37.8 Å². The zero-order valence-electron chi connectivity index (χ0n) is 27.0. The molecule has 2 N–H and O–H groups in total. The van der Waals surface area contributed by atoms with Crippen LogP contribution in [0.25, 0.3) is 0 Å². The standard InChI is InChI=1S/C36H49NO6/c1-35(2,3)30-22-31(36(4,5)6)24-33(23-30)43-21-19-41-17-16-40-18-20-42-32-14-10-28(11-15-32)26-37-25-27-8-12-29(13-9-27)34(38)39-7/h8-15,22-24,37H,16-21,25-26H2,1-7H3/p+1. The van der Waals surface area contributed by atoms with Crippen molar-refractivity contribution in [3.8, 4) is 11.5 Å². The van der Waals surface area contributed by atoms with E-state index in [1.165, 1.54) is 23.8 Å². The first kappa shape index (κ1) is 34.1. The van der Waals surface area contributed by atoms with E-state index in [9.17, 15) is 4.79 Å². The molecule has 0 bridgehead atoms. The molecule has 0 amide bonds. The largest absolute Gasteiger partial charge is 0.491 e. The molecule has 0 unspecified atom stereocenters. The molecule has 0 fully saturated rings. The smallest absolute Gasteiger partial charge is 0.337 e. The number of nitrogens with two attached hydrogens (primary N) is 1. The molecule has 43 heavy (non-hydrogen) atoms. The molecular formula is C36H50NO6+. The van der Waals surface area contributed by atoms with Crippen LogP contribution in [-0.4, -0.2) is 52.7 Å². The lowest BCUT2D eigenvalue weighted by atomic mass is 9.80. The van der Waals surface area contributed by atoms with Crippen LogP contribution in [0.15, 0.2) is 66.7 Å². The number of benzene rings is 3. The van der Waals surface area contributed by atoms with Gasteiger partial charge in [-0.15, -0.1) is 0 Å². The Morgan fingerprint density at radius 3 is 1.51 bits per heavy atom. The van der Waals surface area contributed by atoms with Gasteiger partial charge in [-0.1, -0.05) is 59.7 Å². The van der Waals surface area contributed by atoms with Gasteiger partial charge in [-0.2, -0.15) is 0 Å². The Balaban J connectivity index is 1.24. The molecule has 0 aliphatic rings. The van der Waals surface area contributed by atoms with Crippen molar-refractivity contribution >= 4 is 5.97 Å². The summed E-state index contributed by atoms with van der Waals surface area (Å²) in [5, 5.41) is 2.22. The second-order valence-corrected chi connectivity index (χ2v) is 12.7. The molecule has 3 aromatic carbocycles. The Morgan fingerprint density at radius 1 is 0.605 bits per heavy atom. The predicted molar refractivity (Wildman–Crippen MR) is 170 cm³/mol. The van der Waals surface area contributed by atoms with Crippen LogP contribution >= 0.6 is 0 Å². The van der Waals surface area contributed by atoms with Gasteiger partial charge in [-0.3, -0.25) is 0 Å². The maximum atomic E-state index is 11.5. The van der Waals surface area contributed by atoms with E-state index in [1.54, 1.807) is 12.1 Å². The van der Waals surface area contributed by atoms with Gasteiger partial charge < -0.3 is 29.0 Å². The van der Waals surface area contributed by atoms with Crippen molar-refractivity contribution in [2.75, 3.05) is 46.8 Å². The van der Waals surface area contributed by atoms with Crippen LogP contribution in [0.4, 0.5) is 0 Å². The van der Waals surface area contributed by atoms with Crippen molar-refractivity contribution < 1.29 is 33.8 Å². The van der Waals surface area contributed by atoms with Crippen LogP contribution in [0.3, 0.4) is 0 Å². The predicted octanol–water partition coefficient (Wildman–Crippen LogP) is 5.82. The maximum Gasteiger partial charge on any atom is 0.337 e. The third-order valence-electron chi connectivity index (χ3n) is 7.06. The van der Waals surface area contributed by atoms with Gasteiger partial charge in [0, 0.05) is 11.1 Å². The van der Waals surface area contributed by atoms with Gasteiger partial charge in [-0.05, 0) is 70.5 Å². The summed E-state index contributed by atoms with van der Waals surface area (Å²) in [6, 6.07) is 22.2. The Morgan fingerprint density at radius 2 is 1.05 bits per heavy atom. The summed E-state index contributed by atoms with van der Waals surface area (Å²) in [4.78, 5) is 11.5. The molecule has 0 saturated heterocycles. The lowest BCUT2D eigenvalue weighted by Gasteiger charge is -2.26. The monoisotopic (exact) mass is 592 g/mol. The SMILES string of the molecule is COC(=O)c1ccc(C[NH2+]Cc2ccc(OCCOCCOCCOc3cc(C(C)(C)C)cc(C(C)(C)C)c3)cc2)cc1. The van der Waals surface area contributed by atoms with Gasteiger partial charge in [0.15, 0.2) is 0 Å². The Labute approximate surface area is 257 Å². The number of quaternary nitrogens is 1. The topological polar surface area (TPSA) is 79.8 Å². The van der Waals surface area contributed by atoms with E-state index in [0.29, 0.717) is 45.2 Å². The Bertz CT molecular complexity index is 1220. The van der Waals surface area contributed by atoms with Gasteiger partial charge in [0.05, 0.1) is 39.1 Å². The number of hydrogen-bond donors (Lipinski definition) is 1. The van der Waals surface area contributed by atoms with Crippen molar-refractivity contribution in [2.45, 2.75) is 65.5 Å². The summed E-state index contributed by atoms with van der Waals surface area (Å²) in [5.74, 6) is 1.40. The van der Waals surface area contributed by atoms with Gasteiger partial charge >= 0.3 is 5.97 Å². The number of ether oxygens (including phenoxy) is 5. The molecular weight excluding hydrogens is 542 g/mol. The molecule has 7 heteroatoms. The minimum absolute atomic E-state index is 0.0592. The van der Waals surface area contributed by atoms with Crippen LogP contribution in [-0.2, 0) is 38.1 Å². The van der Waals surface area contributed by atoms with E-state index in [-0.39, 0.29) is 16.8 Å². The summed E-state index contributed by atoms with van der Waals surface area (Å²) < 4.78 is 27.9. The van der Waals surface area contributed by atoms with Crippen molar-refractivity contribution in [1.29, 1.82) is 0 Å². The Hall–Kier alpha value is -3.39. The number of hydrogen-bond acceptors (Lipinski definition) is 6. The summed E-state index contributed by atoms with van der Waals surface area (Å²) in [7, 11) is 1.39. The molecule has 0 aliphatic carbocycles. The van der Waals surface area contributed by atoms with Crippen molar-refractivity contribution in [3.05, 3.63) is 94.5 Å². The van der Waals surface area contributed by atoms with Gasteiger partial charge in [0.25, 0.3) is 0 Å². The highest BCUT2D eigenvalue weighted by molar-refractivity contribution is 5.89. The summed E-state index contributed by atoms with van der Waals surface area (Å²) >= 11 is 0. The second kappa shape index (κ2) is 16.5. The molecule has 0 atom stereocenters. The minimum Gasteiger partial charge on any atom is -0.491 e.